The summed E-state index contributed by atoms with van der Waals surface area (Å²) >= 11 is 0. The first-order chi connectivity index (χ1) is 8.02. The van der Waals surface area contributed by atoms with Crippen molar-refractivity contribution in [3.63, 3.8) is 0 Å². The molecule has 2 heterocycles. The molecule has 94 valence electrons. The molecule has 1 amide bonds. The Kier molecular flexibility index (Phi) is 3.24. The summed E-state index contributed by atoms with van der Waals surface area (Å²) in [4.78, 5) is 14.4. The van der Waals surface area contributed by atoms with Crippen LogP contribution in [0.25, 0.3) is 0 Å². The van der Waals surface area contributed by atoms with Crippen LogP contribution in [0.15, 0.2) is 4.42 Å². The molecule has 1 aromatic heterocycles. The monoisotopic (exact) mass is 236 g/mol. The van der Waals surface area contributed by atoms with Gasteiger partial charge in [-0.05, 0) is 27.7 Å². The lowest BCUT2D eigenvalue weighted by atomic mass is 10.1. The van der Waals surface area contributed by atoms with Crippen molar-refractivity contribution in [1.29, 1.82) is 0 Å². The highest BCUT2D eigenvalue weighted by molar-refractivity contribution is 5.97. The van der Waals surface area contributed by atoms with Crippen LogP contribution < -0.4 is 5.32 Å². The van der Waals surface area contributed by atoms with Gasteiger partial charge in [0.2, 0.25) is 0 Å². The predicted octanol–water partition coefficient (Wildman–Crippen LogP) is 1.64. The number of carbonyl (C=O) groups is 1. The van der Waals surface area contributed by atoms with Crippen molar-refractivity contribution in [2.45, 2.75) is 33.7 Å². The summed E-state index contributed by atoms with van der Waals surface area (Å²) in [6.07, 6.45) is 0. The molecular weight excluding hydrogens is 216 g/mol. The predicted molar refractivity (Wildman–Crippen MR) is 66.3 cm³/mol. The summed E-state index contributed by atoms with van der Waals surface area (Å²) in [6, 6.07) is 0.241. The Balaban J connectivity index is 2.30. The van der Waals surface area contributed by atoms with Gasteiger partial charge in [0, 0.05) is 31.2 Å². The molecule has 4 heteroatoms. The van der Waals surface area contributed by atoms with Crippen LogP contribution in [-0.2, 0) is 0 Å². The maximum atomic E-state index is 12.5. The van der Waals surface area contributed by atoms with E-state index in [1.165, 1.54) is 0 Å². The van der Waals surface area contributed by atoms with Crippen LogP contribution in [-0.4, -0.2) is 36.5 Å². The van der Waals surface area contributed by atoms with Crippen molar-refractivity contribution in [2.24, 2.45) is 0 Å². The van der Waals surface area contributed by atoms with Crippen LogP contribution in [0.4, 0.5) is 0 Å². The van der Waals surface area contributed by atoms with Crippen LogP contribution >= 0.6 is 0 Å². The summed E-state index contributed by atoms with van der Waals surface area (Å²) in [6.45, 7) is 10.3. The van der Waals surface area contributed by atoms with Gasteiger partial charge in [-0.15, -0.1) is 0 Å². The summed E-state index contributed by atoms with van der Waals surface area (Å²) < 4.78 is 5.53. The second kappa shape index (κ2) is 4.53. The van der Waals surface area contributed by atoms with Gasteiger partial charge in [0.05, 0.1) is 5.56 Å². The van der Waals surface area contributed by atoms with Crippen LogP contribution in [0, 0.1) is 20.8 Å². The Hall–Kier alpha value is -1.29. The lowest BCUT2D eigenvalue weighted by molar-refractivity contribution is 0.0653. The fourth-order valence-electron chi connectivity index (χ4n) is 2.39. The molecule has 2 rings (SSSR count). The minimum Gasteiger partial charge on any atom is -0.466 e. The summed E-state index contributed by atoms with van der Waals surface area (Å²) in [5.74, 6) is 1.68. The van der Waals surface area contributed by atoms with Crippen molar-refractivity contribution < 1.29 is 9.21 Å². The highest BCUT2D eigenvalue weighted by Crippen LogP contribution is 2.23. The lowest BCUT2D eigenvalue weighted by Crippen LogP contribution is -2.52. The van der Waals surface area contributed by atoms with Crippen LogP contribution in [0.5, 0.6) is 0 Å². The largest absolute Gasteiger partial charge is 0.466 e. The molecule has 1 aliphatic rings. The first-order valence-electron chi connectivity index (χ1n) is 6.10. The molecule has 17 heavy (non-hydrogen) atoms. The zero-order valence-corrected chi connectivity index (χ0v) is 11.0. The molecule has 0 saturated carbocycles. The Morgan fingerprint density at radius 1 is 1.35 bits per heavy atom. The average molecular weight is 236 g/mol. The van der Waals surface area contributed by atoms with E-state index in [0.717, 1.165) is 42.3 Å². The zero-order chi connectivity index (χ0) is 12.6. The number of aryl methyl sites for hydroxylation is 2. The van der Waals surface area contributed by atoms with E-state index >= 15 is 0 Å². The van der Waals surface area contributed by atoms with Gasteiger partial charge in [0.15, 0.2) is 0 Å². The maximum absolute atomic E-state index is 12.5. The Morgan fingerprint density at radius 3 is 2.59 bits per heavy atom. The van der Waals surface area contributed by atoms with Gasteiger partial charge in [-0.2, -0.15) is 0 Å². The number of amides is 1. The molecule has 0 aliphatic carbocycles. The third-order valence-electron chi connectivity index (χ3n) is 3.54. The normalized spacial score (nSPS) is 20.7. The first-order valence-corrected chi connectivity index (χ1v) is 6.10. The lowest BCUT2D eigenvalue weighted by Gasteiger charge is -2.34. The van der Waals surface area contributed by atoms with E-state index in [-0.39, 0.29) is 11.9 Å². The van der Waals surface area contributed by atoms with E-state index in [1.807, 2.05) is 25.7 Å². The van der Waals surface area contributed by atoms with E-state index in [0.29, 0.717) is 0 Å². The topological polar surface area (TPSA) is 45.5 Å². The molecular formula is C13H20N2O2. The van der Waals surface area contributed by atoms with Crippen LogP contribution in [0.3, 0.4) is 0 Å². The molecule has 1 atom stereocenters. The summed E-state index contributed by atoms with van der Waals surface area (Å²) in [5.41, 5.74) is 1.72. The molecule has 1 unspecified atom stereocenters. The van der Waals surface area contributed by atoms with Crippen molar-refractivity contribution in [3.05, 3.63) is 22.6 Å². The summed E-state index contributed by atoms with van der Waals surface area (Å²) in [7, 11) is 0. The van der Waals surface area contributed by atoms with Gasteiger partial charge >= 0.3 is 0 Å². The molecule has 1 saturated heterocycles. The van der Waals surface area contributed by atoms with Crippen molar-refractivity contribution in [3.8, 4) is 0 Å². The number of furan rings is 1. The van der Waals surface area contributed by atoms with Crippen LogP contribution in [0.2, 0.25) is 0 Å². The molecule has 1 N–H and O–H groups in total. The second-order valence-corrected chi connectivity index (χ2v) is 4.77. The number of piperazine rings is 1. The zero-order valence-electron chi connectivity index (χ0n) is 11.0. The van der Waals surface area contributed by atoms with E-state index in [9.17, 15) is 4.79 Å². The van der Waals surface area contributed by atoms with Crippen molar-refractivity contribution in [2.75, 3.05) is 19.6 Å². The fourth-order valence-corrected chi connectivity index (χ4v) is 2.39. The SMILES string of the molecule is Cc1oc(C)c(C(=O)N2CCNCC2C)c1C. The number of nitrogens with one attached hydrogen (secondary N) is 1. The van der Waals surface area contributed by atoms with E-state index < -0.39 is 0 Å². The maximum Gasteiger partial charge on any atom is 0.258 e. The number of carbonyl (C=O) groups excluding carboxylic acids is 1. The summed E-state index contributed by atoms with van der Waals surface area (Å²) in [5, 5.41) is 3.29. The highest BCUT2D eigenvalue weighted by Gasteiger charge is 2.28. The number of rotatable bonds is 1. The molecule has 1 aromatic rings. The average Bonchev–Trinajstić information content (AvgIpc) is 2.53. The Labute approximate surface area is 102 Å². The second-order valence-electron chi connectivity index (χ2n) is 4.77. The molecule has 0 aromatic carbocycles. The Morgan fingerprint density at radius 2 is 2.06 bits per heavy atom. The van der Waals surface area contributed by atoms with Gasteiger partial charge in [-0.1, -0.05) is 0 Å². The van der Waals surface area contributed by atoms with E-state index in [4.69, 9.17) is 4.42 Å². The molecule has 4 nitrogen and oxygen atoms in total. The van der Waals surface area contributed by atoms with Crippen molar-refractivity contribution >= 4 is 5.91 Å². The third kappa shape index (κ3) is 2.09. The smallest absolute Gasteiger partial charge is 0.258 e. The van der Waals surface area contributed by atoms with Gasteiger partial charge in [0.1, 0.15) is 11.5 Å². The number of nitrogens with zero attached hydrogens (tertiary/aromatic N) is 1. The third-order valence-corrected chi connectivity index (χ3v) is 3.54. The standard InChI is InChI=1S/C13H20N2O2/c1-8-7-14-5-6-15(8)13(16)12-9(2)10(3)17-11(12)4/h8,14H,5-7H2,1-4H3. The molecule has 0 bridgehead atoms. The fraction of sp³-hybridized carbons (Fsp3) is 0.615. The minimum absolute atomic E-state index is 0.103. The van der Waals surface area contributed by atoms with Gasteiger partial charge < -0.3 is 14.6 Å². The highest BCUT2D eigenvalue weighted by atomic mass is 16.3. The van der Waals surface area contributed by atoms with Gasteiger partial charge in [0.25, 0.3) is 5.91 Å². The first kappa shape index (κ1) is 12.2. The van der Waals surface area contributed by atoms with Crippen molar-refractivity contribution in [1.82, 2.24) is 10.2 Å². The minimum atomic E-state index is 0.103. The molecule has 1 fully saturated rings. The van der Waals surface area contributed by atoms with E-state index in [2.05, 4.69) is 12.2 Å². The molecule has 0 radical (unpaired) electrons. The van der Waals surface area contributed by atoms with Gasteiger partial charge in [-0.3, -0.25) is 4.79 Å². The number of hydrogen-bond donors (Lipinski definition) is 1. The molecule has 1 aliphatic heterocycles. The van der Waals surface area contributed by atoms with E-state index in [1.54, 1.807) is 0 Å². The Bertz CT molecular complexity index is 437. The van der Waals surface area contributed by atoms with Gasteiger partial charge in [-0.25, -0.2) is 0 Å². The molecule has 0 spiro atoms. The van der Waals surface area contributed by atoms with Crippen LogP contribution in [0.1, 0.15) is 34.4 Å². The number of hydrogen-bond acceptors (Lipinski definition) is 3. The quantitative estimate of drug-likeness (QED) is 0.806.